The number of aliphatic hydroxyl groups is 2. The van der Waals surface area contributed by atoms with Crippen molar-refractivity contribution in [3.05, 3.63) is 12.2 Å². The van der Waals surface area contributed by atoms with Gasteiger partial charge in [0.1, 0.15) is 11.7 Å². The Morgan fingerprint density at radius 2 is 2.00 bits per heavy atom. The zero-order valence-electron chi connectivity index (χ0n) is 17.4. The normalized spacial score (nSPS) is 47.8. The molecule has 0 aromatic rings. The van der Waals surface area contributed by atoms with E-state index in [1.807, 2.05) is 6.92 Å². The molecule has 3 aliphatic rings. The Balaban J connectivity index is 2.08. The third-order valence-corrected chi connectivity index (χ3v) is 7.33. The van der Waals surface area contributed by atoms with E-state index in [-0.39, 0.29) is 30.0 Å². The van der Waals surface area contributed by atoms with E-state index in [2.05, 4.69) is 20.4 Å². The molecule has 0 spiro atoms. The SMILES string of the molecule is C=C1CC[C@H](C(C)C)[C@@H]2[C@H]1[C@H]1C[C@](C)(O)[C@@H](O)CC[C@@](C)(OC(C)=O)[C@@H]2O1. The molecule has 0 radical (unpaired) electrons. The number of esters is 1. The Hall–Kier alpha value is -0.910. The number of carbonyl (C=O) groups excluding carboxylic acids is 1. The third-order valence-electron chi connectivity index (χ3n) is 7.33. The van der Waals surface area contributed by atoms with E-state index in [1.165, 1.54) is 12.5 Å². The van der Waals surface area contributed by atoms with E-state index in [0.29, 0.717) is 31.1 Å². The molecule has 27 heavy (non-hydrogen) atoms. The highest BCUT2D eigenvalue weighted by Crippen LogP contribution is 2.55. The van der Waals surface area contributed by atoms with E-state index >= 15 is 0 Å². The molecule has 2 bridgehead atoms. The molecule has 2 saturated heterocycles. The third kappa shape index (κ3) is 3.70. The molecular weight excluding hydrogens is 344 g/mol. The summed E-state index contributed by atoms with van der Waals surface area (Å²) in [7, 11) is 0. The van der Waals surface area contributed by atoms with Crippen LogP contribution in [0, 0.1) is 23.7 Å². The van der Waals surface area contributed by atoms with Gasteiger partial charge in [-0.15, -0.1) is 0 Å². The van der Waals surface area contributed by atoms with Crippen LogP contribution in [0.4, 0.5) is 0 Å². The molecule has 1 aliphatic carbocycles. The number of hydrogen-bond acceptors (Lipinski definition) is 5. The molecule has 1 saturated carbocycles. The van der Waals surface area contributed by atoms with Gasteiger partial charge in [0.25, 0.3) is 0 Å². The van der Waals surface area contributed by atoms with Crippen LogP contribution in [-0.2, 0) is 14.3 Å². The molecule has 5 nitrogen and oxygen atoms in total. The van der Waals surface area contributed by atoms with E-state index in [9.17, 15) is 15.0 Å². The molecular formula is C22H36O5. The van der Waals surface area contributed by atoms with Crippen LogP contribution < -0.4 is 0 Å². The minimum atomic E-state index is -1.24. The van der Waals surface area contributed by atoms with Gasteiger partial charge in [-0.25, -0.2) is 0 Å². The fourth-order valence-corrected chi connectivity index (χ4v) is 5.90. The highest BCUT2D eigenvalue weighted by Gasteiger charge is 2.60. The van der Waals surface area contributed by atoms with Gasteiger partial charge >= 0.3 is 5.97 Å². The van der Waals surface area contributed by atoms with E-state index < -0.39 is 17.3 Å². The number of rotatable bonds is 2. The first-order chi connectivity index (χ1) is 12.5. The van der Waals surface area contributed by atoms with Gasteiger partial charge in [-0.2, -0.15) is 0 Å². The topological polar surface area (TPSA) is 76.0 Å². The van der Waals surface area contributed by atoms with Crippen molar-refractivity contribution in [1.82, 2.24) is 0 Å². The first kappa shape index (κ1) is 20.8. The number of carbonyl (C=O) groups is 1. The second-order valence-electron chi connectivity index (χ2n) is 9.83. The summed E-state index contributed by atoms with van der Waals surface area (Å²) >= 11 is 0. The second kappa shape index (κ2) is 7.16. The largest absolute Gasteiger partial charge is 0.457 e. The molecule has 2 heterocycles. The smallest absolute Gasteiger partial charge is 0.303 e. The quantitative estimate of drug-likeness (QED) is 0.568. The molecule has 3 fully saturated rings. The van der Waals surface area contributed by atoms with Crippen LogP contribution in [0.3, 0.4) is 0 Å². The zero-order chi connectivity index (χ0) is 20.1. The van der Waals surface area contributed by atoms with Crippen LogP contribution in [0.2, 0.25) is 0 Å². The number of ether oxygens (including phenoxy) is 2. The van der Waals surface area contributed by atoms with Gasteiger partial charge in [0.15, 0.2) is 0 Å². The van der Waals surface area contributed by atoms with Crippen molar-refractivity contribution in [2.24, 2.45) is 23.7 Å². The highest BCUT2D eigenvalue weighted by molar-refractivity contribution is 5.66. The lowest BCUT2D eigenvalue weighted by molar-refractivity contribution is -0.179. The molecule has 0 aromatic carbocycles. The van der Waals surface area contributed by atoms with E-state index in [1.54, 1.807) is 6.92 Å². The van der Waals surface area contributed by atoms with Gasteiger partial charge in [-0.05, 0) is 51.4 Å². The summed E-state index contributed by atoms with van der Waals surface area (Å²) in [6.45, 7) is 13.9. The van der Waals surface area contributed by atoms with Crippen molar-refractivity contribution in [3.63, 3.8) is 0 Å². The maximum Gasteiger partial charge on any atom is 0.303 e. The van der Waals surface area contributed by atoms with E-state index in [0.717, 1.165) is 12.8 Å². The lowest BCUT2D eigenvalue weighted by Gasteiger charge is -2.45. The molecule has 5 heteroatoms. The Morgan fingerprint density at radius 3 is 2.59 bits per heavy atom. The predicted octanol–water partition coefficient (Wildman–Crippen LogP) is 3.23. The van der Waals surface area contributed by atoms with Crippen molar-refractivity contribution >= 4 is 5.97 Å². The van der Waals surface area contributed by atoms with Crippen LogP contribution >= 0.6 is 0 Å². The Morgan fingerprint density at radius 1 is 1.33 bits per heavy atom. The molecule has 154 valence electrons. The van der Waals surface area contributed by atoms with Gasteiger partial charge in [0, 0.05) is 25.2 Å². The first-order valence-corrected chi connectivity index (χ1v) is 10.4. The summed E-state index contributed by atoms with van der Waals surface area (Å²) in [5, 5.41) is 21.5. The Bertz CT molecular complexity index is 598. The van der Waals surface area contributed by atoms with Crippen molar-refractivity contribution in [1.29, 1.82) is 0 Å². The van der Waals surface area contributed by atoms with Crippen LogP contribution in [0.25, 0.3) is 0 Å². The zero-order valence-corrected chi connectivity index (χ0v) is 17.4. The summed E-state index contributed by atoms with van der Waals surface area (Å²) in [4.78, 5) is 11.9. The maximum absolute atomic E-state index is 11.9. The standard InChI is InChI=1S/C22H36O5/c1-12(2)15-8-7-13(3)18-16-11-21(5,25)17(24)9-10-22(6,27-14(4)23)20(26-16)19(15)18/h12,15-20,24-25H,3,7-11H2,1-2,4-6H3/t15-,16-,17+,18-,19-,20-,21+,22-/m1/s1. The minimum Gasteiger partial charge on any atom is -0.457 e. The number of fused-ring (bicyclic) bond motifs is 5. The van der Waals surface area contributed by atoms with Crippen LogP contribution in [0.15, 0.2) is 12.2 Å². The van der Waals surface area contributed by atoms with Gasteiger partial charge in [0.05, 0.1) is 17.8 Å². The Labute approximate surface area is 163 Å². The summed E-state index contributed by atoms with van der Waals surface area (Å²) in [5.41, 5.74) is -0.896. The summed E-state index contributed by atoms with van der Waals surface area (Å²) < 4.78 is 12.4. The summed E-state index contributed by atoms with van der Waals surface area (Å²) in [5.74, 6) is 0.956. The molecule has 0 aromatic heterocycles. The van der Waals surface area contributed by atoms with Gasteiger partial charge < -0.3 is 19.7 Å². The molecule has 0 unspecified atom stereocenters. The molecule has 8 atom stereocenters. The highest BCUT2D eigenvalue weighted by atomic mass is 16.6. The summed E-state index contributed by atoms with van der Waals surface area (Å²) in [6.07, 6.45) is 1.88. The number of aliphatic hydroxyl groups excluding tert-OH is 1. The molecule has 3 rings (SSSR count). The van der Waals surface area contributed by atoms with Crippen molar-refractivity contribution in [2.45, 2.75) is 96.2 Å². The molecule has 0 amide bonds. The predicted molar refractivity (Wildman–Crippen MR) is 103 cm³/mol. The van der Waals surface area contributed by atoms with E-state index in [4.69, 9.17) is 9.47 Å². The van der Waals surface area contributed by atoms with Crippen LogP contribution in [0.5, 0.6) is 0 Å². The van der Waals surface area contributed by atoms with Gasteiger partial charge in [-0.3, -0.25) is 4.79 Å². The number of hydrogen-bond donors (Lipinski definition) is 2. The fraction of sp³-hybridized carbons (Fsp3) is 0.864. The van der Waals surface area contributed by atoms with Crippen LogP contribution in [0.1, 0.15) is 66.7 Å². The van der Waals surface area contributed by atoms with Crippen LogP contribution in [-0.4, -0.2) is 45.7 Å². The van der Waals surface area contributed by atoms with Crippen molar-refractivity contribution in [3.8, 4) is 0 Å². The van der Waals surface area contributed by atoms with Crippen molar-refractivity contribution < 1.29 is 24.5 Å². The molecule has 2 aliphatic heterocycles. The monoisotopic (exact) mass is 380 g/mol. The van der Waals surface area contributed by atoms with Gasteiger partial charge in [-0.1, -0.05) is 26.0 Å². The van der Waals surface area contributed by atoms with Gasteiger partial charge in [0.2, 0.25) is 0 Å². The average molecular weight is 381 g/mol. The lowest BCUT2D eigenvalue weighted by atomic mass is 9.60. The average Bonchev–Trinajstić information content (AvgIpc) is 2.92. The Kier molecular flexibility index (Phi) is 5.52. The maximum atomic E-state index is 11.9. The summed E-state index contributed by atoms with van der Waals surface area (Å²) in [6, 6.07) is 0. The second-order valence-corrected chi connectivity index (χ2v) is 9.83. The first-order valence-electron chi connectivity index (χ1n) is 10.4. The molecule has 2 N–H and O–H groups in total. The lowest BCUT2D eigenvalue weighted by Crippen LogP contribution is -2.51. The fourth-order valence-electron chi connectivity index (χ4n) is 5.90. The minimum absolute atomic E-state index is 0.128. The van der Waals surface area contributed by atoms with Crippen molar-refractivity contribution in [2.75, 3.05) is 0 Å².